The van der Waals surface area contributed by atoms with Gasteiger partial charge in [-0.25, -0.2) is 9.78 Å². The molecule has 0 spiro atoms. The van der Waals surface area contributed by atoms with Gasteiger partial charge in [0.05, 0.1) is 23.9 Å². The first kappa shape index (κ1) is 14.1. The summed E-state index contributed by atoms with van der Waals surface area (Å²) in [6, 6.07) is 1.83. The van der Waals surface area contributed by atoms with Crippen LogP contribution in [0.15, 0.2) is 29.4 Å². The van der Waals surface area contributed by atoms with Gasteiger partial charge in [0.2, 0.25) is 0 Å². The van der Waals surface area contributed by atoms with Gasteiger partial charge < -0.3 is 19.9 Å². The molecule has 0 radical (unpaired) electrons. The number of amides is 2. The number of rotatable bonds is 3. The van der Waals surface area contributed by atoms with Crippen molar-refractivity contribution in [3.63, 3.8) is 0 Å². The van der Waals surface area contributed by atoms with Crippen LogP contribution in [0.2, 0.25) is 0 Å². The number of carbonyl (C=O) groups is 1. The molecule has 21 heavy (non-hydrogen) atoms. The van der Waals surface area contributed by atoms with Gasteiger partial charge in [-0.3, -0.25) is 0 Å². The van der Waals surface area contributed by atoms with Crippen molar-refractivity contribution in [2.24, 2.45) is 7.05 Å². The average molecular weight is 306 g/mol. The number of nitrogens with zero attached hydrogens (tertiary/aromatic N) is 2. The van der Waals surface area contributed by atoms with Crippen LogP contribution in [0.3, 0.4) is 0 Å². The predicted octanol–water partition coefficient (Wildman–Crippen LogP) is 2.52. The summed E-state index contributed by atoms with van der Waals surface area (Å²) >= 11 is 1.56. The third-order valence-corrected chi connectivity index (χ3v) is 4.27. The van der Waals surface area contributed by atoms with Crippen LogP contribution < -0.4 is 10.6 Å². The number of thiophene rings is 1. The number of nitrogens with one attached hydrogen (secondary N) is 2. The Balaban J connectivity index is 1.56. The normalized spacial score (nSPS) is 22.0. The van der Waals surface area contributed by atoms with Crippen LogP contribution in [0.1, 0.15) is 24.6 Å². The molecule has 1 aliphatic heterocycles. The fraction of sp³-hybridized carbons (Fsp3) is 0.429. The maximum absolute atomic E-state index is 12.0. The number of ether oxygens (including phenoxy) is 1. The molecule has 6 nitrogen and oxygen atoms in total. The van der Waals surface area contributed by atoms with E-state index in [2.05, 4.69) is 15.6 Å². The lowest BCUT2D eigenvalue weighted by atomic mass is 10.0. The summed E-state index contributed by atoms with van der Waals surface area (Å²) in [5.74, 6) is 0. The van der Waals surface area contributed by atoms with Gasteiger partial charge in [0.1, 0.15) is 6.10 Å². The molecule has 112 valence electrons. The quantitative estimate of drug-likeness (QED) is 0.915. The Hall–Kier alpha value is -1.86. The number of imidazole rings is 1. The van der Waals surface area contributed by atoms with E-state index in [-0.39, 0.29) is 18.2 Å². The Bertz CT molecular complexity index is 596. The van der Waals surface area contributed by atoms with Crippen molar-refractivity contribution in [2.75, 3.05) is 11.9 Å². The van der Waals surface area contributed by atoms with E-state index in [1.165, 1.54) is 0 Å². The van der Waals surface area contributed by atoms with Crippen molar-refractivity contribution in [1.82, 2.24) is 14.9 Å². The smallest absolute Gasteiger partial charge is 0.319 e. The Morgan fingerprint density at radius 1 is 1.57 bits per heavy atom. The monoisotopic (exact) mass is 306 g/mol. The van der Waals surface area contributed by atoms with Crippen LogP contribution in [0.4, 0.5) is 10.5 Å². The SMILES string of the molecule is Cn1cncc1[C@@H]1C[C@@H](NC(=O)Nc2ccsc2)CCO1. The summed E-state index contributed by atoms with van der Waals surface area (Å²) < 4.78 is 7.75. The van der Waals surface area contributed by atoms with Gasteiger partial charge in [-0.05, 0) is 24.3 Å². The van der Waals surface area contributed by atoms with E-state index < -0.39 is 0 Å². The average Bonchev–Trinajstić information content (AvgIpc) is 3.10. The molecule has 2 aromatic rings. The molecule has 2 N–H and O–H groups in total. The number of aryl methyl sites for hydroxylation is 1. The largest absolute Gasteiger partial charge is 0.372 e. The van der Waals surface area contributed by atoms with Crippen LogP contribution in [0.5, 0.6) is 0 Å². The molecular formula is C14H18N4O2S. The molecule has 1 fully saturated rings. The maximum atomic E-state index is 12.0. The van der Waals surface area contributed by atoms with E-state index in [9.17, 15) is 4.79 Å². The molecule has 0 bridgehead atoms. The van der Waals surface area contributed by atoms with Crippen LogP contribution in [-0.4, -0.2) is 28.2 Å². The zero-order valence-electron chi connectivity index (χ0n) is 11.8. The van der Waals surface area contributed by atoms with Gasteiger partial charge >= 0.3 is 6.03 Å². The van der Waals surface area contributed by atoms with Crippen molar-refractivity contribution in [1.29, 1.82) is 0 Å². The minimum absolute atomic E-state index is 0.0160. The summed E-state index contributed by atoms with van der Waals surface area (Å²) in [6.45, 7) is 0.638. The first-order chi connectivity index (χ1) is 10.2. The highest BCUT2D eigenvalue weighted by molar-refractivity contribution is 7.08. The highest BCUT2D eigenvalue weighted by Gasteiger charge is 2.26. The zero-order chi connectivity index (χ0) is 14.7. The number of carbonyl (C=O) groups excluding carboxylic acids is 1. The highest BCUT2D eigenvalue weighted by Crippen LogP contribution is 2.27. The van der Waals surface area contributed by atoms with E-state index in [0.717, 1.165) is 24.2 Å². The molecule has 7 heteroatoms. The standard InChI is InChI=1S/C14H18N4O2S/c1-18-9-15-7-12(18)13-6-10(2-4-20-13)16-14(19)17-11-3-5-21-8-11/h3,5,7-10,13H,2,4,6H2,1H3,(H2,16,17,19)/t10-,13-/m0/s1. The molecular weight excluding hydrogens is 288 g/mol. The van der Waals surface area contributed by atoms with E-state index in [0.29, 0.717) is 6.61 Å². The Kier molecular flexibility index (Phi) is 4.21. The van der Waals surface area contributed by atoms with Gasteiger partial charge in [-0.1, -0.05) is 0 Å². The number of hydrogen-bond acceptors (Lipinski definition) is 4. The van der Waals surface area contributed by atoms with E-state index in [1.807, 2.05) is 34.6 Å². The summed E-state index contributed by atoms with van der Waals surface area (Å²) in [5, 5.41) is 9.68. The number of hydrogen-bond donors (Lipinski definition) is 2. The summed E-state index contributed by atoms with van der Waals surface area (Å²) in [7, 11) is 1.95. The zero-order valence-corrected chi connectivity index (χ0v) is 12.6. The van der Waals surface area contributed by atoms with Crippen LogP contribution in [0.25, 0.3) is 0 Å². The predicted molar refractivity (Wildman–Crippen MR) is 81.4 cm³/mol. The van der Waals surface area contributed by atoms with Gasteiger partial charge in [-0.2, -0.15) is 11.3 Å². The first-order valence-electron chi connectivity index (χ1n) is 6.90. The minimum atomic E-state index is -0.163. The lowest BCUT2D eigenvalue weighted by molar-refractivity contribution is -0.00151. The topological polar surface area (TPSA) is 68.2 Å². The molecule has 2 amide bonds. The molecule has 3 rings (SSSR count). The number of aromatic nitrogens is 2. The Morgan fingerprint density at radius 2 is 2.48 bits per heavy atom. The lowest BCUT2D eigenvalue weighted by Crippen LogP contribution is -2.42. The highest BCUT2D eigenvalue weighted by atomic mass is 32.1. The second-order valence-corrected chi connectivity index (χ2v) is 5.90. The molecule has 0 aliphatic carbocycles. The number of anilines is 1. The number of urea groups is 1. The van der Waals surface area contributed by atoms with Gasteiger partial charge in [0.25, 0.3) is 0 Å². The van der Waals surface area contributed by atoms with Crippen molar-refractivity contribution >= 4 is 23.1 Å². The van der Waals surface area contributed by atoms with Crippen molar-refractivity contribution < 1.29 is 9.53 Å². The van der Waals surface area contributed by atoms with Gasteiger partial charge in [0.15, 0.2) is 0 Å². The molecule has 2 aromatic heterocycles. The molecule has 1 aliphatic rings. The van der Waals surface area contributed by atoms with E-state index in [1.54, 1.807) is 17.7 Å². The van der Waals surface area contributed by atoms with E-state index in [4.69, 9.17) is 4.74 Å². The Morgan fingerprint density at radius 3 is 3.19 bits per heavy atom. The fourth-order valence-electron chi connectivity index (χ4n) is 2.50. The Labute approximate surface area is 127 Å². The first-order valence-corrected chi connectivity index (χ1v) is 7.84. The molecule has 0 saturated carbocycles. The van der Waals surface area contributed by atoms with Crippen LogP contribution in [0, 0.1) is 0 Å². The van der Waals surface area contributed by atoms with Crippen molar-refractivity contribution in [3.05, 3.63) is 35.0 Å². The van der Waals surface area contributed by atoms with Gasteiger partial charge in [0, 0.05) is 25.1 Å². The maximum Gasteiger partial charge on any atom is 0.319 e. The fourth-order valence-corrected chi connectivity index (χ4v) is 3.09. The van der Waals surface area contributed by atoms with Crippen molar-refractivity contribution in [3.8, 4) is 0 Å². The molecule has 0 unspecified atom stereocenters. The molecule has 1 saturated heterocycles. The van der Waals surface area contributed by atoms with Crippen molar-refractivity contribution in [2.45, 2.75) is 25.0 Å². The summed E-state index contributed by atoms with van der Waals surface area (Å²) in [6.07, 6.45) is 5.15. The van der Waals surface area contributed by atoms with Crippen LogP contribution >= 0.6 is 11.3 Å². The van der Waals surface area contributed by atoms with E-state index >= 15 is 0 Å². The third-order valence-electron chi connectivity index (χ3n) is 3.58. The molecule has 3 heterocycles. The second kappa shape index (κ2) is 6.28. The van der Waals surface area contributed by atoms with Gasteiger partial charge in [-0.15, -0.1) is 0 Å². The second-order valence-electron chi connectivity index (χ2n) is 5.12. The van der Waals surface area contributed by atoms with Crippen LogP contribution in [-0.2, 0) is 11.8 Å². The minimum Gasteiger partial charge on any atom is -0.372 e. The molecule has 0 aromatic carbocycles. The summed E-state index contributed by atoms with van der Waals surface area (Å²) in [4.78, 5) is 16.1. The summed E-state index contributed by atoms with van der Waals surface area (Å²) in [5.41, 5.74) is 1.87. The third kappa shape index (κ3) is 3.43. The lowest BCUT2D eigenvalue weighted by Gasteiger charge is -2.30. The molecule has 2 atom stereocenters.